The van der Waals surface area contributed by atoms with Gasteiger partial charge in [0.1, 0.15) is 17.2 Å². The Morgan fingerprint density at radius 1 is 1.10 bits per heavy atom. The zero-order chi connectivity index (χ0) is 20.0. The van der Waals surface area contributed by atoms with Crippen LogP contribution in [0.2, 0.25) is 0 Å². The Morgan fingerprint density at radius 3 is 2.76 bits per heavy atom. The summed E-state index contributed by atoms with van der Waals surface area (Å²) >= 11 is 0. The van der Waals surface area contributed by atoms with Gasteiger partial charge in [0.2, 0.25) is 0 Å². The predicted molar refractivity (Wildman–Crippen MR) is 119 cm³/mol. The highest BCUT2D eigenvalue weighted by Gasteiger charge is 2.21. The fourth-order valence-corrected chi connectivity index (χ4v) is 4.46. The lowest BCUT2D eigenvalue weighted by Crippen LogP contribution is -2.23. The summed E-state index contributed by atoms with van der Waals surface area (Å²) in [6.07, 6.45) is 8.14. The third-order valence-corrected chi connectivity index (χ3v) is 6.28. The van der Waals surface area contributed by atoms with Crippen molar-refractivity contribution in [3.05, 3.63) is 64.1 Å². The Hall–Kier alpha value is -3.08. The molecular formula is C24H26N4O. The van der Waals surface area contributed by atoms with Crippen LogP contribution < -0.4 is 10.9 Å². The molecule has 1 aliphatic rings. The minimum absolute atomic E-state index is 0.0960. The van der Waals surface area contributed by atoms with Gasteiger partial charge in [-0.25, -0.2) is 4.98 Å². The Morgan fingerprint density at radius 2 is 1.93 bits per heavy atom. The van der Waals surface area contributed by atoms with E-state index in [0.29, 0.717) is 11.6 Å². The quantitative estimate of drug-likeness (QED) is 0.508. The van der Waals surface area contributed by atoms with Gasteiger partial charge in [-0.05, 0) is 61.4 Å². The lowest BCUT2D eigenvalue weighted by molar-refractivity contribution is 0.462. The molecule has 1 aliphatic carbocycles. The van der Waals surface area contributed by atoms with Gasteiger partial charge < -0.3 is 10.3 Å². The van der Waals surface area contributed by atoms with Crippen LogP contribution in [0.4, 0.5) is 5.82 Å². The van der Waals surface area contributed by atoms with E-state index in [1.54, 1.807) is 0 Å². The topological polar surface area (TPSA) is 62.2 Å². The summed E-state index contributed by atoms with van der Waals surface area (Å²) in [5.74, 6) is 0.918. The van der Waals surface area contributed by atoms with E-state index >= 15 is 0 Å². The van der Waals surface area contributed by atoms with Crippen LogP contribution in [0.5, 0.6) is 0 Å². The van der Waals surface area contributed by atoms with Crippen LogP contribution in [0.25, 0.3) is 27.8 Å². The summed E-state index contributed by atoms with van der Waals surface area (Å²) in [4.78, 5) is 21.0. The molecular weight excluding hydrogens is 360 g/mol. The van der Waals surface area contributed by atoms with Gasteiger partial charge in [-0.15, -0.1) is 0 Å². The van der Waals surface area contributed by atoms with Gasteiger partial charge in [-0.3, -0.25) is 9.20 Å². The first-order chi connectivity index (χ1) is 14.1. The molecule has 1 aromatic carbocycles. The van der Waals surface area contributed by atoms with Crippen LogP contribution >= 0.6 is 0 Å². The average Bonchev–Trinajstić information content (AvgIpc) is 3.10. The number of imidazole rings is 1. The van der Waals surface area contributed by atoms with E-state index < -0.39 is 0 Å². The third-order valence-electron chi connectivity index (χ3n) is 6.28. The summed E-state index contributed by atoms with van der Waals surface area (Å²) in [6, 6.07) is 12.5. The molecule has 2 N–H and O–H groups in total. The predicted octanol–water partition coefficient (Wildman–Crippen LogP) is 5.20. The monoisotopic (exact) mass is 386 g/mol. The van der Waals surface area contributed by atoms with Crippen molar-refractivity contribution >= 4 is 22.4 Å². The molecule has 5 nitrogen and oxygen atoms in total. The van der Waals surface area contributed by atoms with E-state index in [-0.39, 0.29) is 5.56 Å². The first kappa shape index (κ1) is 18.0. The van der Waals surface area contributed by atoms with Crippen molar-refractivity contribution in [2.45, 2.75) is 52.0 Å². The number of hydrogen-bond acceptors (Lipinski definition) is 3. The number of rotatable bonds is 3. The van der Waals surface area contributed by atoms with E-state index in [0.717, 1.165) is 46.5 Å². The lowest BCUT2D eigenvalue weighted by atomic mass is 9.95. The van der Waals surface area contributed by atoms with Gasteiger partial charge in [-0.1, -0.05) is 37.5 Å². The SMILES string of the molecule is Cc1ccc2cc(-c3nc4ccccn4c3NC3CCCCC3)c(=O)[nH]c2c1C. The van der Waals surface area contributed by atoms with Crippen molar-refractivity contribution in [3.8, 4) is 11.3 Å². The Kier molecular flexibility index (Phi) is 4.38. The lowest BCUT2D eigenvalue weighted by Gasteiger charge is -2.24. The first-order valence-electron chi connectivity index (χ1n) is 10.5. The first-order valence-corrected chi connectivity index (χ1v) is 10.5. The zero-order valence-electron chi connectivity index (χ0n) is 17.0. The smallest absolute Gasteiger partial charge is 0.258 e. The maximum atomic E-state index is 13.1. The summed E-state index contributed by atoms with van der Waals surface area (Å²) in [7, 11) is 0. The maximum absolute atomic E-state index is 13.1. The Bertz CT molecular complexity index is 1260. The van der Waals surface area contributed by atoms with Crippen LogP contribution in [-0.2, 0) is 0 Å². The number of anilines is 1. The highest BCUT2D eigenvalue weighted by Crippen LogP contribution is 2.31. The van der Waals surface area contributed by atoms with E-state index in [1.807, 2.05) is 37.4 Å². The Labute approximate surface area is 169 Å². The number of fused-ring (bicyclic) bond motifs is 2. The van der Waals surface area contributed by atoms with Gasteiger partial charge in [0.05, 0.1) is 11.1 Å². The number of nitrogens with one attached hydrogen (secondary N) is 2. The highest BCUT2D eigenvalue weighted by molar-refractivity contribution is 5.88. The van der Waals surface area contributed by atoms with E-state index in [1.165, 1.54) is 24.8 Å². The maximum Gasteiger partial charge on any atom is 0.258 e. The highest BCUT2D eigenvalue weighted by atomic mass is 16.1. The molecule has 0 saturated heterocycles. The summed E-state index contributed by atoms with van der Waals surface area (Å²) in [5.41, 5.74) is 5.28. The molecule has 4 aromatic rings. The standard InChI is InChI=1S/C24H26N4O/c1-15-11-12-17-14-19(24(29)27-21(17)16(15)2)22-23(25-18-8-4-3-5-9-18)28-13-7-6-10-20(28)26-22/h6-7,10-14,18,25H,3-5,8-9H2,1-2H3,(H,27,29). The van der Waals surface area contributed by atoms with Crippen LogP contribution in [0, 0.1) is 13.8 Å². The second kappa shape index (κ2) is 7.07. The molecule has 29 heavy (non-hydrogen) atoms. The van der Waals surface area contributed by atoms with Gasteiger partial charge >= 0.3 is 0 Å². The van der Waals surface area contributed by atoms with E-state index in [2.05, 4.69) is 33.8 Å². The number of aryl methyl sites for hydroxylation is 2. The van der Waals surface area contributed by atoms with Crippen molar-refractivity contribution in [2.75, 3.05) is 5.32 Å². The zero-order valence-corrected chi connectivity index (χ0v) is 17.0. The van der Waals surface area contributed by atoms with Crippen molar-refractivity contribution in [3.63, 3.8) is 0 Å². The number of nitrogens with zero attached hydrogens (tertiary/aromatic N) is 2. The molecule has 0 aliphatic heterocycles. The van der Waals surface area contributed by atoms with E-state index in [4.69, 9.17) is 4.98 Å². The van der Waals surface area contributed by atoms with E-state index in [9.17, 15) is 4.79 Å². The minimum Gasteiger partial charge on any atom is -0.367 e. The van der Waals surface area contributed by atoms with Crippen LogP contribution in [-0.4, -0.2) is 20.4 Å². The van der Waals surface area contributed by atoms with Gasteiger partial charge in [-0.2, -0.15) is 0 Å². The number of aromatic amines is 1. The van der Waals surface area contributed by atoms with Crippen molar-refractivity contribution in [1.29, 1.82) is 0 Å². The fourth-order valence-electron chi connectivity index (χ4n) is 4.46. The van der Waals surface area contributed by atoms with Gasteiger partial charge in [0.15, 0.2) is 0 Å². The number of aromatic nitrogens is 3. The van der Waals surface area contributed by atoms with Crippen molar-refractivity contribution in [1.82, 2.24) is 14.4 Å². The fraction of sp³-hybridized carbons (Fsp3) is 0.333. The van der Waals surface area contributed by atoms with Gasteiger partial charge in [0.25, 0.3) is 5.56 Å². The molecule has 1 fully saturated rings. The van der Waals surface area contributed by atoms with Gasteiger partial charge in [0, 0.05) is 12.2 Å². The molecule has 5 heteroatoms. The molecule has 0 spiro atoms. The summed E-state index contributed by atoms with van der Waals surface area (Å²) in [5, 5.41) is 4.75. The second-order valence-electron chi connectivity index (χ2n) is 8.20. The Balaban J connectivity index is 1.70. The molecule has 0 amide bonds. The third kappa shape index (κ3) is 3.11. The molecule has 1 saturated carbocycles. The molecule has 3 heterocycles. The average molecular weight is 386 g/mol. The number of pyridine rings is 2. The minimum atomic E-state index is -0.0960. The summed E-state index contributed by atoms with van der Waals surface area (Å²) < 4.78 is 2.06. The largest absolute Gasteiger partial charge is 0.367 e. The molecule has 0 unspecified atom stereocenters. The molecule has 3 aromatic heterocycles. The van der Waals surface area contributed by atoms with Crippen molar-refractivity contribution in [2.24, 2.45) is 0 Å². The van der Waals surface area contributed by atoms with Crippen LogP contribution in [0.15, 0.2) is 47.4 Å². The summed E-state index contributed by atoms with van der Waals surface area (Å²) in [6.45, 7) is 4.11. The number of hydrogen-bond donors (Lipinski definition) is 2. The molecule has 0 bridgehead atoms. The van der Waals surface area contributed by atoms with Crippen LogP contribution in [0.1, 0.15) is 43.2 Å². The van der Waals surface area contributed by atoms with Crippen molar-refractivity contribution < 1.29 is 0 Å². The second-order valence-corrected chi connectivity index (χ2v) is 8.20. The van der Waals surface area contributed by atoms with Crippen LogP contribution in [0.3, 0.4) is 0 Å². The number of H-pyrrole nitrogens is 1. The normalized spacial score (nSPS) is 15.2. The molecule has 0 atom stereocenters. The molecule has 148 valence electrons. The molecule has 0 radical (unpaired) electrons. The molecule has 5 rings (SSSR count). The number of benzene rings is 1.